The van der Waals surface area contributed by atoms with Crippen LogP contribution in [-0.2, 0) is 11.3 Å². The molecule has 1 atom stereocenters. The Hall–Kier alpha value is -2.02. The summed E-state index contributed by atoms with van der Waals surface area (Å²) >= 11 is 0. The van der Waals surface area contributed by atoms with Crippen molar-refractivity contribution in [2.24, 2.45) is 5.41 Å². The maximum absolute atomic E-state index is 12.6. The predicted octanol–water partition coefficient (Wildman–Crippen LogP) is 1.63. The average molecular weight is 362 g/mol. The number of hydrogen-bond acceptors (Lipinski definition) is 4. The molecule has 144 valence electrons. The highest BCUT2D eigenvalue weighted by Crippen LogP contribution is 2.35. The molecule has 2 fully saturated rings. The Morgan fingerprint density at radius 3 is 2.58 bits per heavy atom. The van der Waals surface area contributed by atoms with Crippen LogP contribution in [0.4, 0.5) is 4.79 Å². The topological polar surface area (TPSA) is 60.2 Å². The highest BCUT2D eigenvalue weighted by molar-refractivity contribution is 5.80. The molecule has 26 heavy (non-hydrogen) atoms. The van der Waals surface area contributed by atoms with E-state index in [0.29, 0.717) is 32.6 Å². The Morgan fingerprint density at radius 2 is 2.00 bits per heavy atom. The number of nitrogens with zero attached hydrogens (tertiary/aromatic N) is 4. The summed E-state index contributed by atoms with van der Waals surface area (Å²) in [6.45, 7) is 8.97. The maximum Gasteiger partial charge on any atom is 0.319 e. The van der Waals surface area contributed by atoms with Crippen molar-refractivity contribution in [2.75, 3.05) is 53.4 Å². The summed E-state index contributed by atoms with van der Waals surface area (Å²) in [5.74, 6) is 2.03. The second kappa shape index (κ2) is 7.31. The SMILES string of the molecule is CCN1C[C@@]2(CC1=O)CN(Cc1ccc(C)o1)CCN(C(=O)N(C)C)C2. The second-order valence-electron chi connectivity index (χ2n) is 7.91. The molecule has 0 saturated carbocycles. The van der Waals surface area contributed by atoms with E-state index in [1.54, 1.807) is 19.0 Å². The summed E-state index contributed by atoms with van der Waals surface area (Å²) in [5, 5.41) is 0. The number of carbonyl (C=O) groups is 2. The first-order valence-corrected chi connectivity index (χ1v) is 9.33. The van der Waals surface area contributed by atoms with Crippen LogP contribution < -0.4 is 0 Å². The number of amides is 3. The molecule has 3 amide bonds. The van der Waals surface area contributed by atoms with Crippen LogP contribution in [-0.4, -0.2) is 84.9 Å². The summed E-state index contributed by atoms with van der Waals surface area (Å²) in [5.41, 5.74) is -0.211. The molecule has 3 heterocycles. The fraction of sp³-hybridized carbons (Fsp3) is 0.684. The van der Waals surface area contributed by atoms with E-state index >= 15 is 0 Å². The lowest BCUT2D eigenvalue weighted by atomic mass is 9.86. The van der Waals surface area contributed by atoms with Gasteiger partial charge >= 0.3 is 6.03 Å². The van der Waals surface area contributed by atoms with Gasteiger partial charge in [-0.05, 0) is 26.0 Å². The minimum Gasteiger partial charge on any atom is -0.465 e. The molecule has 7 heteroatoms. The normalized spacial score (nSPS) is 24.4. The molecule has 2 saturated heterocycles. The molecule has 0 aromatic carbocycles. The molecule has 3 rings (SSSR count). The number of hydrogen-bond donors (Lipinski definition) is 0. The molecule has 2 aliphatic heterocycles. The second-order valence-corrected chi connectivity index (χ2v) is 7.91. The Balaban J connectivity index is 1.82. The van der Waals surface area contributed by atoms with E-state index in [2.05, 4.69) is 4.90 Å². The van der Waals surface area contributed by atoms with Crippen molar-refractivity contribution in [3.05, 3.63) is 23.7 Å². The van der Waals surface area contributed by atoms with Crippen molar-refractivity contribution >= 4 is 11.9 Å². The fourth-order valence-corrected chi connectivity index (χ4v) is 4.20. The van der Waals surface area contributed by atoms with E-state index in [1.165, 1.54) is 0 Å². The lowest BCUT2D eigenvalue weighted by molar-refractivity contribution is -0.127. The highest BCUT2D eigenvalue weighted by atomic mass is 16.3. The van der Waals surface area contributed by atoms with Crippen LogP contribution in [0.25, 0.3) is 0 Å². The molecule has 0 bridgehead atoms. The summed E-state index contributed by atoms with van der Waals surface area (Å²) in [6.07, 6.45) is 0.506. The van der Waals surface area contributed by atoms with Crippen molar-refractivity contribution in [3.8, 4) is 0 Å². The first-order valence-electron chi connectivity index (χ1n) is 9.33. The van der Waals surface area contributed by atoms with E-state index in [1.807, 2.05) is 35.8 Å². The van der Waals surface area contributed by atoms with E-state index in [0.717, 1.165) is 31.2 Å². The standard InChI is InChI=1S/C19H30N4O3/c1-5-22-13-19(10-17(22)24)12-21(11-16-7-6-15(2)26-16)8-9-23(14-19)18(25)20(3)4/h6-7H,5,8-14H2,1-4H3/t19-/m1/s1. The maximum atomic E-state index is 12.6. The summed E-state index contributed by atoms with van der Waals surface area (Å²) in [6, 6.07) is 4.00. The van der Waals surface area contributed by atoms with Crippen molar-refractivity contribution in [2.45, 2.75) is 26.8 Å². The van der Waals surface area contributed by atoms with Gasteiger partial charge in [0.15, 0.2) is 0 Å². The van der Waals surface area contributed by atoms with Gasteiger partial charge in [0.2, 0.25) is 5.91 Å². The number of aryl methyl sites for hydroxylation is 1. The Labute approximate surface area is 155 Å². The Morgan fingerprint density at radius 1 is 1.23 bits per heavy atom. The van der Waals surface area contributed by atoms with Crippen LogP contribution in [0.15, 0.2) is 16.5 Å². The van der Waals surface area contributed by atoms with E-state index in [4.69, 9.17) is 4.42 Å². The van der Waals surface area contributed by atoms with E-state index in [9.17, 15) is 9.59 Å². The van der Waals surface area contributed by atoms with Gasteiger partial charge in [0.1, 0.15) is 11.5 Å². The first-order chi connectivity index (χ1) is 12.3. The van der Waals surface area contributed by atoms with Crippen molar-refractivity contribution in [1.82, 2.24) is 19.6 Å². The molecular weight excluding hydrogens is 332 g/mol. The zero-order valence-electron chi connectivity index (χ0n) is 16.3. The van der Waals surface area contributed by atoms with Crippen molar-refractivity contribution < 1.29 is 14.0 Å². The molecule has 0 N–H and O–H groups in total. The van der Waals surface area contributed by atoms with Crippen LogP contribution in [0, 0.1) is 12.3 Å². The summed E-state index contributed by atoms with van der Waals surface area (Å²) in [4.78, 5) is 32.8. The minimum absolute atomic E-state index is 0.0162. The van der Waals surface area contributed by atoms with Gasteiger partial charge in [-0.3, -0.25) is 9.69 Å². The van der Waals surface area contributed by atoms with Crippen LogP contribution in [0.2, 0.25) is 0 Å². The fourth-order valence-electron chi connectivity index (χ4n) is 4.20. The molecule has 0 unspecified atom stereocenters. The molecule has 7 nitrogen and oxygen atoms in total. The third kappa shape index (κ3) is 3.87. The number of likely N-dealkylation sites (tertiary alicyclic amines) is 1. The molecule has 0 radical (unpaired) electrons. The van der Waals surface area contributed by atoms with Gasteiger partial charge in [-0.15, -0.1) is 0 Å². The van der Waals surface area contributed by atoms with E-state index in [-0.39, 0.29) is 17.4 Å². The van der Waals surface area contributed by atoms with Gasteiger partial charge in [-0.25, -0.2) is 4.79 Å². The van der Waals surface area contributed by atoms with E-state index < -0.39 is 0 Å². The smallest absolute Gasteiger partial charge is 0.319 e. The summed E-state index contributed by atoms with van der Waals surface area (Å²) in [7, 11) is 3.56. The zero-order valence-corrected chi connectivity index (χ0v) is 16.3. The molecule has 1 spiro atoms. The van der Waals surface area contributed by atoms with Crippen molar-refractivity contribution in [3.63, 3.8) is 0 Å². The highest BCUT2D eigenvalue weighted by Gasteiger charge is 2.47. The number of rotatable bonds is 3. The molecule has 1 aromatic heterocycles. The summed E-state index contributed by atoms with van der Waals surface area (Å²) < 4.78 is 5.75. The largest absolute Gasteiger partial charge is 0.465 e. The third-order valence-electron chi connectivity index (χ3n) is 5.39. The number of furan rings is 1. The zero-order chi connectivity index (χ0) is 18.9. The monoisotopic (exact) mass is 362 g/mol. The van der Waals surface area contributed by atoms with Gasteiger partial charge in [-0.2, -0.15) is 0 Å². The van der Waals surface area contributed by atoms with Gasteiger partial charge in [-0.1, -0.05) is 0 Å². The quantitative estimate of drug-likeness (QED) is 0.820. The van der Waals surface area contributed by atoms with Crippen molar-refractivity contribution in [1.29, 1.82) is 0 Å². The van der Waals surface area contributed by atoms with Crippen LogP contribution in [0.5, 0.6) is 0 Å². The van der Waals surface area contributed by atoms with Crippen LogP contribution in [0.1, 0.15) is 24.9 Å². The van der Waals surface area contributed by atoms with Gasteiger partial charge in [0, 0.05) is 65.2 Å². The first kappa shape index (κ1) is 18.8. The average Bonchev–Trinajstić information content (AvgIpc) is 3.07. The predicted molar refractivity (Wildman–Crippen MR) is 98.7 cm³/mol. The lowest BCUT2D eigenvalue weighted by Gasteiger charge is -2.34. The number of urea groups is 1. The third-order valence-corrected chi connectivity index (χ3v) is 5.39. The Bertz CT molecular complexity index is 671. The van der Waals surface area contributed by atoms with Gasteiger partial charge in [0.05, 0.1) is 6.54 Å². The lowest BCUT2D eigenvalue weighted by Crippen LogP contribution is -2.47. The van der Waals surface area contributed by atoms with Crippen LogP contribution in [0.3, 0.4) is 0 Å². The number of carbonyl (C=O) groups excluding carboxylic acids is 2. The minimum atomic E-state index is -0.211. The Kier molecular flexibility index (Phi) is 5.27. The molecule has 2 aliphatic rings. The van der Waals surface area contributed by atoms with Gasteiger partial charge < -0.3 is 19.1 Å². The van der Waals surface area contributed by atoms with Crippen LogP contribution >= 0.6 is 0 Å². The molecule has 0 aliphatic carbocycles. The molecule has 1 aromatic rings. The molecular formula is C19H30N4O3. The van der Waals surface area contributed by atoms with Gasteiger partial charge in [0.25, 0.3) is 0 Å².